The number of nitrogens with two attached hydrogens (primary N) is 1. The first-order chi connectivity index (χ1) is 9.40. The summed E-state index contributed by atoms with van der Waals surface area (Å²) in [4.78, 5) is 22.9. The van der Waals surface area contributed by atoms with Crippen molar-refractivity contribution in [3.8, 4) is 0 Å². The number of carbonyl (C=O) groups is 1. The van der Waals surface area contributed by atoms with Crippen LogP contribution in [0.4, 0.5) is 11.4 Å². The first-order valence-electron chi connectivity index (χ1n) is 6.66. The molecular formula is C14H21N3O3. The molecule has 0 aromatic heterocycles. The van der Waals surface area contributed by atoms with Crippen LogP contribution in [0.5, 0.6) is 0 Å². The minimum absolute atomic E-state index is 0.100. The van der Waals surface area contributed by atoms with Gasteiger partial charge in [0.2, 0.25) is 5.91 Å². The number of carbonyl (C=O) groups excluding carboxylic acids is 1. The number of anilines is 1. The van der Waals surface area contributed by atoms with Gasteiger partial charge in [-0.3, -0.25) is 14.9 Å². The Kier molecular flexibility index (Phi) is 5.21. The molecule has 0 aliphatic rings. The van der Waals surface area contributed by atoms with E-state index in [9.17, 15) is 14.9 Å². The summed E-state index contributed by atoms with van der Waals surface area (Å²) in [5.41, 5.74) is 5.91. The van der Waals surface area contributed by atoms with E-state index in [2.05, 4.69) is 5.32 Å². The van der Waals surface area contributed by atoms with Gasteiger partial charge in [-0.25, -0.2) is 0 Å². The quantitative estimate of drug-likeness (QED) is 0.617. The molecule has 0 fully saturated rings. The normalized spacial score (nSPS) is 11.2. The van der Waals surface area contributed by atoms with Gasteiger partial charge in [0.15, 0.2) is 0 Å². The predicted octanol–water partition coefficient (Wildman–Crippen LogP) is 2.61. The Labute approximate surface area is 118 Å². The van der Waals surface area contributed by atoms with Crippen molar-refractivity contribution in [2.24, 2.45) is 11.1 Å². The fourth-order valence-corrected chi connectivity index (χ4v) is 2.11. The highest BCUT2D eigenvalue weighted by Gasteiger charge is 2.34. The molecule has 0 atom stereocenters. The van der Waals surface area contributed by atoms with Crippen LogP contribution in [0.2, 0.25) is 0 Å². The number of rotatable bonds is 6. The molecule has 1 aromatic rings. The number of benzene rings is 1. The lowest BCUT2D eigenvalue weighted by Gasteiger charge is -2.28. The number of aryl methyl sites for hydroxylation is 1. The van der Waals surface area contributed by atoms with E-state index in [0.29, 0.717) is 12.8 Å². The molecule has 0 radical (unpaired) electrons. The molecule has 3 N–H and O–H groups in total. The molecule has 0 saturated heterocycles. The molecule has 110 valence electrons. The van der Waals surface area contributed by atoms with Gasteiger partial charge in [-0.05, 0) is 31.4 Å². The average molecular weight is 279 g/mol. The summed E-state index contributed by atoms with van der Waals surface area (Å²) in [6.07, 6.45) is 1.18. The summed E-state index contributed by atoms with van der Waals surface area (Å²) >= 11 is 0. The molecule has 1 aromatic carbocycles. The molecule has 0 bridgehead atoms. The first kappa shape index (κ1) is 16.1. The van der Waals surface area contributed by atoms with E-state index in [1.54, 1.807) is 19.1 Å². The minimum Gasteiger partial charge on any atom is -0.329 e. The number of nitrogens with zero attached hydrogens (tertiary/aromatic N) is 1. The molecule has 0 unspecified atom stereocenters. The topological polar surface area (TPSA) is 98.3 Å². The van der Waals surface area contributed by atoms with Crippen LogP contribution >= 0.6 is 0 Å². The third kappa shape index (κ3) is 3.14. The maximum Gasteiger partial charge on any atom is 0.293 e. The van der Waals surface area contributed by atoms with Crippen molar-refractivity contribution in [2.75, 3.05) is 11.9 Å². The van der Waals surface area contributed by atoms with Crippen molar-refractivity contribution in [1.29, 1.82) is 0 Å². The summed E-state index contributed by atoms with van der Waals surface area (Å²) in [5.74, 6) is -0.267. The monoisotopic (exact) mass is 279 g/mol. The van der Waals surface area contributed by atoms with Gasteiger partial charge in [-0.1, -0.05) is 19.9 Å². The van der Waals surface area contributed by atoms with E-state index in [0.717, 1.165) is 5.56 Å². The van der Waals surface area contributed by atoms with Crippen molar-refractivity contribution >= 4 is 17.3 Å². The fourth-order valence-electron chi connectivity index (χ4n) is 2.11. The van der Waals surface area contributed by atoms with Gasteiger partial charge < -0.3 is 11.1 Å². The van der Waals surface area contributed by atoms with Gasteiger partial charge in [-0.2, -0.15) is 0 Å². The Morgan fingerprint density at radius 2 is 2.00 bits per heavy atom. The van der Waals surface area contributed by atoms with Crippen molar-refractivity contribution in [3.63, 3.8) is 0 Å². The van der Waals surface area contributed by atoms with Crippen LogP contribution in [-0.4, -0.2) is 17.4 Å². The molecule has 6 heteroatoms. The van der Waals surface area contributed by atoms with Crippen LogP contribution < -0.4 is 11.1 Å². The van der Waals surface area contributed by atoms with Crippen molar-refractivity contribution in [2.45, 2.75) is 33.6 Å². The number of nitrogens with one attached hydrogen (secondary N) is 1. The van der Waals surface area contributed by atoms with Crippen LogP contribution in [0, 0.1) is 22.5 Å². The number of hydrogen-bond acceptors (Lipinski definition) is 4. The smallest absolute Gasteiger partial charge is 0.293 e. The van der Waals surface area contributed by atoms with E-state index in [4.69, 9.17) is 5.73 Å². The average Bonchev–Trinajstić information content (AvgIpc) is 2.43. The molecule has 0 aliphatic heterocycles. The standard InChI is InChI=1S/C14H21N3O3/c1-4-14(5-2,9-15)13(18)16-11-7-6-10(3)8-12(11)17(19)20/h6-8H,4-5,9,15H2,1-3H3,(H,16,18). The molecule has 6 nitrogen and oxygen atoms in total. The third-order valence-corrected chi connectivity index (χ3v) is 3.82. The van der Waals surface area contributed by atoms with Gasteiger partial charge in [0.25, 0.3) is 5.69 Å². The van der Waals surface area contributed by atoms with Crippen molar-refractivity contribution < 1.29 is 9.72 Å². The number of nitro groups is 1. The number of amides is 1. The number of nitro benzene ring substituents is 1. The van der Waals surface area contributed by atoms with Gasteiger partial charge in [0, 0.05) is 12.6 Å². The zero-order valence-electron chi connectivity index (χ0n) is 12.1. The lowest BCUT2D eigenvalue weighted by Crippen LogP contribution is -2.41. The Hall–Kier alpha value is -1.95. The molecule has 0 spiro atoms. The molecule has 1 amide bonds. The zero-order chi connectivity index (χ0) is 15.3. The van der Waals surface area contributed by atoms with Crippen LogP contribution in [0.15, 0.2) is 18.2 Å². The fraction of sp³-hybridized carbons (Fsp3) is 0.500. The van der Waals surface area contributed by atoms with Crippen molar-refractivity contribution in [3.05, 3.63) is 33.9 Å². The van der Waals surface area contributed by atoms with Crippen molar-refractivity contribution in [1.82, 2.24) is 0 Å². The maximum atomic E-state index is 12.4. The second kappa shape index (κ2) is 6.47. The number of hydrogen-bond donors (Lipinski definition) is 2. The second-order valence-electron chi connectivity index (χ2n) is 4.92. The summed E-state index contributed by atoms with van der Waals surface area (Å²) < 4.78 is 0. The Bertz CT molecular complexity index is 502. The van der Waals surface area contributed by atoms with Gasteiger partial charge in [0.05, 0.1) is 10.3 Å². The van der Waals surface area contributed by atoms with Crippen LogP contribution in [0.3, 0.4) is 0 Å². The Morgan fingerprint density at radius 3 is 2.45 bits per heavy atom. The van der Waals surface area contributed by atoms with Gasteiger partial charge in [-0.15, -0.1) is 0 Å². The largest absolute Gasteiger partial charge is 0.329 e. The zero-order valence-corrected chi connectivity index (χ0v) is 12.1. The first-order valence-corrected chi connectivity index (χ1v) is 6.66. The SMILES string of the molecule is CCC(CC)(CN)C(=O)Nc1ccc(C)cc1[N+](=O)[O-]. The van der Waals surface area contributed by atoms with E-state index in [1.165, 1.54) is 6.07 Å². The maximum absolute atomic E-state index is 12.4. The summed E-state index contributed by atoms with van der Waals surface area (Å²) in [6.45, 7) is 5.76. The molecule has 0 aliphatic carbocycles. The summed E-state index contributed by atoms with van der Waals surface area (Å²) in [6, 6.07) is 4.72. The highest BCUT2D eigenvalue weighted by molar-refractivity contribution is 5.97. The molecule has 0 saturated carbocycles. The summed E-state index contributed by atoms with van der Waals surface area (Å²) in [5, 5.41) is 13.7. The van der Waals surface area contributed by atoms with Crippen LogP contribution in [0.25, 0.3) is 0 Å². The van der Waals surface area contributed by atoms with E-state index in [-0.39, 0.29) is 23.8 Å². The molecular weight excluding hydrogens is 258 g/mol. The van der Waals surface area contributed by atoms with Gasteiger partial charge in [0.1, 0.15) is 5.69 Å². The highest BCUT2D eigenvalue weighted by Crippen LogP contribution is 2.30. The Balaban J connectivity index is 3.10. The van der Waals surface area contributed by atoms with Crippen LogP contribution in [-0.2, 0) is 4.79 Å². The summed E-state index contributed by atoms with van der Waals surface area (Å²) in [7, 11) is 0. The Morgan fingerprint density at radius 1 is 1.40 bits per heavy atom. The van der Waals surface area contributed by atoms with E-state index < -0.39 is 10.3 Å². The van der Waals surface area contributed by atoms with Crippen LogP contribution in [0.1, 0.15) is 32.3 Å². The lowest BCUT2D eigenvalue weighted by atomic mass is 9.81. The second-order valence-corrected chi connectivity index (χ2v) is 4.92. The molecule has 20 heavy (non-hydrogen) atoms. The predicted molar refractivity (Wildman–Crippen MR) is 78.5 cm³/mol. The third-order valence-electron chi connectivity index (χ3n) is 3.82. The highest BCUT2D eigenvalue weighted by atomic mass is 16.6. The lowest BCUT2D eigenvalue weighted by molar-refractivity contribution is -0.384. The van der Waals surface area contributed by atoms with Gasteiger partial charge >= 0.3 is 0 Å². The van der Waals surface area contributed by atoms with E-state index in [1.807, 2.05) is 13.8 Å². The van der Waals surface area contributed by atoms with E-state index >= 15 is 0 Å². The minimum atomic E-state index is -0.682. The molecule has 1 rings (SSSR count). The molecule has 0 heterocycles.